The molecule has 3 nitrogen and oxygen atoms in total. The van der Waals surface area contributed by atoms with E-state index in [2.05, 4.69) is 23.3 Å². The summed E-state index contributed by atoms with van der Waals surface area (Å²) in [5.41, 5.74) is 2.25. The van der Waals surface area contributed by atoms with Gasteiger partial charge in [-0.3, -0.25) is 0 Å². The van der Waals surface area contributed by atoms with Gasteiger partial charge >= 0.3 is 0 Å². The van der Waals surface area contributed by atoms with Crippen LogP contribution < -0.4 is 10.1 Å². The summed E-state index contributed by atoms with van der Waals surface area (Å²) in [6.07, 6.45) is 1.84. The van der Waals surface area contributed by atoms with E-state index in [-0.39, 0.29) is 0 Å². The highest BCUT2D eigenvalue weighted by Crippen LogP contribution is 2.31. The van der Waals surface area contributed by atoms with Crippen molar-refractivity contribution in [2.24, 2.45) is 0 Å². The minimum absolute atomic E-state index is 0.674. The Morgan fingerprint density at radius 3 is 2.80 bits per heavy atom. The predicted molar refractivity (Wildman–Crippen MR) is 62.6 cm³/mol. The minimum atomic E-state index is 0.674. The molecule has 0 fully saturated rings. The molecule has 0 saturated heterocycles. The van der Waals surface area contributed by atoms with Crippen LogP contribution in [0.4, 0.5) is 5.69 Å². The smallest absolute Gasteiger partial charge is 0.221 e. The first-order valence-corrected chi connectivity index (χ1v) is 4.88. The molecule has 0 saturated carbocycles. The van der Waals surface area contributed by atoms with Crippen molar-refractivity contribution in [3.63, 3.8) is 0 Å². The number of aryl methyl sites for hydroxylation is 1. The average molecular weight is 202 g/mol. The van der Waals surface area contributed by atoms with Crippen molar-refractivity contribution in [3.05, 3.63) is 30.0 Å². The maximum absolute atomic E-state index is 5.24. The number of nitrogens with zero attached hydrogens (tertiary/aromatic N) is 1. The largest absolute Gasteiger partial charge is 0.481 e. The number of anilines is 1. The van der Waals surface area contributed by atoms with Crippen LogP contribution in [0.15, 0.2) is 24.4 Å². The van der Waals surface area contributed by atoms with E-state index in [1.54, 1.807) is 7.11 Å². The second kappa shape index (κ2) is 3.77. The SMILES string of the molecule is CNc1cccc2c(OC)ncc(C)c12. The summed E-state index contributed by atoms with van der Waals surface area (Å²) >= 11 is 0. The molecule has 0 aliphatic rings. The lowest BCUT2D eigenvalue weighted by Gasteiger charge is -2.10. The molecule has 1 aromatic carbocycles. The van der Waals surface area contributed by atoms with Crippen LogP contribution >= 0.6 is 0 Å². The summed E-state index contributed by atoms with van der Waals surface area (Å²) in [7, 11) is 3.56. The molecule has 2 rings (SSSR count). The zero-order valence-electron chi connectivity index (χ0n) is 9.16. The molecule has 78 valence electrons. The van der Waals surface area contributed by atoms with E-state index < -0.39 is 0 Å². The highest BCUT2D eigenvalue weighted by molar-refractivity contribution is 5.98. The summed E-state index contributed by atoms with van der Waals surface area (Å²) in [6.45, 7) is 2.05. The lowest BCUT2D eigenvalue weighted by Crippen LogP contribution is -1.95. The number of hydrogen-bond acceptors (Lipinski definition) is 3. The molecule has 1 N–H and O–H groups in total. The molecule has 3 heteroatoms. The summed E-state index contributed by atoms with van der Waals surface area (Å²) in [6, 6.07) is 6.07. The number of nitrogens with one attached hydrogen (secondary N) is 1. The number of aromatic nitrogens is 1. The first-order valence-electron chi connectivity index (χ1n) is 4.88. The maximum Gasteiger partial charge on any atom is 0.221 e. The Hall–Kier alpha value is -1.77. The summed E-state index contributed by atoms with van der Waals surface area (Å²) in [5.74, 6) is 0.674. The number of fused-ring (bicyclic) bond motifs is 1. The number of ether oxygens (including phenoxy) is 1. The van der Waals surface area contributed by atoms with Gasteiger partial charge in [0.2, 0.25) is 5.88 Å². The third kappa shape index (κ3) is 1.50. The van der Waals surface area contributed by atoms with Gasteiger partial charge in [-0.2, -0.15) is 0 Å². The Labute approximate surface area is 89.1 Å². The maximum atomic E-state index is 5.24. The van der Waals surface area contributed by atoms with Crippen molar-refractivity contribution in [3.8, 4) is 5.88 Å². The third-order valence-electron chi connectivity index (χ3n) is 2.53. The molecular weight excluding hydrogens is 188 g/mol. The van der Waals surface area contributed by atoms with Crippen LogP contribution in [-0.4, -0.2) is 19.1 Å². The van der Waals surface area contributed by atoms with Gasteiger partial charge in [-0.15, -0.1) is 0 Å². The van der Waals surface area contributed by atoms with Crippen molar-refractivity contribution in [1.82, 2.24) is 4.98 Å². The van der Waals surface area contributed by atoms with Gasteiger partial charge in [-0.25, -0.2) is 4.98 Å². The van der Waals surface area contributed by atoms with Gasteiger partial charge in [-0.1, -0.05) is 6.07 Å². The predicted octanol–water partition coefficient (Wildman–Crippen LogP) is 2.59. The molecule has 0 bridgehead atoms. The number of benzene rings is 1. The van der Waals surface area contributed by atoms with Gasteiger partial charge in [-0.05, 0) is 24.6 Å². The minimum Gasteiger partial charge on any atom is -0.481 e. The molecule has 2 aromatic rings. The lowest BCUT2D eigenvalue weighted by molar-refractivity contribution is 0.403. The quantitative estimate of drug-likeness (QED) is 0.812. The molecule has 0 atom stereocenters. The molecule has 0 aliphatic carbocycles. The molecule has 1 aromatic heterocycles. The van der Waals surface area contributed by atoms with E-state index in [0.29, 0.717) is 5.88 Å². The summed E-state index contributed by atoms with van der Waals surface area (Å²) < 4.78 is 5.24. The first kappa shape index (κ1) is 9.77. The topological polar surface area (TPSA) is 34.1 Å². The Bertz CT molecular complexity index is 494. The monoisotopic (exact) mass is 202 g/mol. The van der Waals surface area contributed by atoms with E-state index >= 15 is 0 Å². The van der Waals surface area contributed by atoms with Crippen LogP contribution in [0.2, 0.25) is 0 Å². The van der Waals surface area contributed by atoms with Gasteiger partial charge in [0.05, 0.1) is 7.11 Å². The van der Waals surface area contributed by atoms with Gasteiger partial charge in [0.1, 0.15) is 0 Å². The van der Waals surface area contributed by atoms with Gasteiger partial charge in [0.15, 0.2) is 0 Å². The van der Waals surface area contributed by atoms with Crippen LogP contribution in [0.25, 0.3) is 10.8 Å². The zero-order chi connectivity index (χ0) is 10.8. The van der Waals surface area contributed by atoms with Crippen LogP contribution in [0.3, 0.4) is 0 Å². The van der Waals surface area contributed by atoms with Crippen molar-refractivity contribution >= 4 is 16.5 Å². The normalized spacial score (nSPS) is 10.3. The van der Waals surface area contributed by atoms with Gasteiger partial charge < -0.3 is 10.1 Å². The number of rotatable bonds is 2. The average Bonchev–Trinajstić information content (AvgIpc) is 2.29. The highest BCUT2D eigenvalue weighted by atomic mass is 16.5. The fraction of sp³-hybridized carbons (Fsp3) is 0.250. The molecule has 0 spiro atoms. The van der Waals surface area contributed by atoms with Crippen molar-refractivity contribution in [2.45, 2.75) is 6.92 Å². The highest BCUT2D eigenvalue weighted by Gasteiger charge is 2.07. The Balaban J connectivity index is 2.86. The molecule has 15 heavy (non-hydrogen) atoms. The number of methoxy groups -OCH3 is 1. The Morgan fingerprint density at radius 1 is 1.33 bits per heavy atom. The van der Waals surface area contributed by atoms with Crippen molar-refractivity contribution in [2.75, 3.05) is 19.5 Å². The molecule has 0 unspecified atom stereocenters. The first-order chi connectivity index (χ1) is 7.27. The Kier molecular flexibility index (Phi) is 2.46. The van der Waals surface area contributed by atoms with Gasteiger partial charge in [0, 0.05) is 29.7 Å². The van der Waals surface area contributed by atoms with E-state index in [0.717, 1.165) is 16.6 Å². The van der Waals surface area contributed by atoms with E-state index in [9.17, 15) is 0 Å². The molecule has 0 aliphatic heterocycles. The van der Waals surface area contributed by atoms with Crippen molar-refractivity contribution in [1.29, 1.82) is 0 Å². The summed E-state index contributed by atoms with van der Waals surface area (Å²) in [5, 5.41) is 5.40. The van der Waals surface area contributed by atoms with Crippen LogP contribution in [0.1, 0.15) is 5.56 Å². The Morgan fingerprint density at radius 2 is 2.13 bits per heavy atom. The lowest BCUT2D eigenvalue weighted by atomic mass is 10.1. The fourth-order valence-electron chi connectivity index (χ4n) is 1.82. The fourth-order valence-corrected chi connectivity index (χ4v) is 1.82. The second-order valence-corrected chi connectivity index (χ2v) is 3.43. The standard InChI is InChI=1S/C12H14N2O/c1-8-7-14-12(15-3)9-5-4-6-10(13-2)11(8)9/h4-7,13H,1-3H3. The summed E-state index contributed by atoms with van der Waals surface area (Å²) in [4.78, 5) is 4.25. The van der Waals surface area contributed by atoms with Crippen LogP contribution in [-0.2, 0) is 0 Å². The number of hydrogen-bond donors (Lipinski definition) is 1. The van der Waals surface area contributed by atoms with E-state index in [1.165, 1.54) is 5.39 Å². The van der Waals surface area contributed by atoms with Gasteiger partial charge in [0.25, 0.3) is 0 Å². The number of pyridine rings is 1. The molecule has 0 amide bonds. The van der Waals surface area contributed by atoms with E-state index in [1.807, 2.05) is 25.4 Å². The van der Waals surface area contributed by atoms with Crippen LogP contribution in [0, 0.1) is 6.92 Å². The van der Waals surface area contributed by atoms with Crippen LogP contribution in [0.5, 0.6) is 5.88 Å². The molecular formula is C12H14N2O. The van der Waals surface area contributed by atoms with Crippen molar-refractivity contribution < 1.29 is 4.74 Å². The molecule has 1 heterocycles. The second-order valence-electron chi connectivity index (χ2n) is 3.43. The molecule has 0 radical (unpaired) electrons. The third-order valence-corrected chi connectivity index (χ3v) is 2.53. The zero-order valence-corrected chi connectivity index (χ0v) is 9.16. The van der Waals surface area contributed by atoms with E-state index in [4.69, 9.17) is 4.74 Å².